The van der Waals surface area contributed by atoms with Gasteiger partial charge in [0.25, 0.3) is 0 Å². The second kappa shape index (κ2) is 6.86. The average Bonchev–Trinajstić information content (AvgIpc) is 2.50. The molecule has 0 bridgehead atoms. The highest BCUT2D eigenvalue weighted by Crippen LogP contribution is 2.23. The minimum Gasteiger partial charge on any atom is -0.467 e. The molecule has 0 spiro atoms. The molecule has 122 valence electrons. The molecular weight excluding hydrogens is 308 g/mol. The molecule has 0 fully saturated rings. The van der Waals surface area contributed by atoms with E-state index in [1.807, 2.05) is 0 Å². The van der Waals surface area contributed by atoms with E-state index < -0.39 is 17.7 Å². The van der Waals surface area contributed by atoms with Gasteiger partial charge in [0.1, 0.15) is 17.3 Å². The van der Waals surface area contributed by atoms with E-state index in [2.05, 4.69) is 20.6 Å². The molecule has 0 saturated carbocycles. The standard InChI is InChI=1S/C14H15F2N5O2/c1-21(2)12-11(7-17-14(20-12)23-3)19-13(22)18-10-5-4-8(15)6-9(10)16/h4-7H,1-3H3,(H2,18,19,22). The Morgan fingerprint density at radius 3 is 2.52 bits per heavy atom. The normalized spacial score (nSPS) is 10.1. The average molecular weight is 323 g/mol. The molecule has 2 N–H and O–H groups in total. The van der Waals surface area contributed by atoms with E-state index in [1.54, 1.807) is 19.0 Å². The predicted molar refractivity (Wildman–Crippen MR) is 81.9 cm³/mol. The number of hydrogen-bond donors (Lipinski definition) is 2. The molecule has 23 heavy (non-hydrogen) atoms. The van der Waals surface area contributed by atoms with Crippen LogP contribution in [0, 0.1) is 11.6 Å². The number of methoxy groups -OCH3 is 1. The molecule has 0 atom stereocenters. The first-order chi connectivity index (χ1) is 10.9. The van der Waals surface area contributed by atoms with Crippen molar-refractivity contribution >= 4 is 23.2 Å². The van der Waals surface area contributed by atoms with Crippen molar-refractivity contribution in [2.45, 2.75) is 0 Å². The summed E-state index contributed by atoms with van der Waals surface area (Å²) in [5.41, 5.74) is 0.153. The highest BCUT2D eigenvalue weighted by molar-refractivity contribution is 6.01. The van der Waals surface area contributed by atoms with Gasteiger partial charge >= 0.3 is 12.0 Å². The fraction of sp³-hybridized carbons (Fsp3) is 0.214. The van der Waals surface area contributed by atoms with E-state index in [0.29, 0.717) is 17.6 Å². The minimum atomic E-state index is -0.876. The van der Waals surface area contributed by atoms with Gasteiger partial charge in [-0.15, -0.1) is 0 Å². The van der Waals surface area contributed by atoms with E-state index in [1.165, 1.54) is 13.3 Å². The molecule has 0 aliphatic heterocycles. The van der Waals surface area contributed by atoms with Gasteiger partial charge in [-0.05, 0) is 12.1 Å². The maximum atomic E-state index is 13.5. The summed E-state index contributed by atoms with van der Waals surface area (Å²) in [5, 5.41) is 4.78. The highest BCUT2D eigenvalue weighted by Gasteiger charge is 2.14. The van der Waals surface area contributed by atoms with Crippen LogP contribution in [0.5, 0.6) is 6.01 Å². The van der Waals surface area contributed by atoms with Crippen molar-refractivity contribution in [1.82, 2.24) is 9.97 Å². The summed E-state index contributed by atoms with van der Waals surface area (Å²) in [6, 6.07) is 2.27. The lowest BCUT2D eigenvalue weighted by molar-refractivity contribution is 0.262. The SMILES string of the molecule is COc1ncc(NC(=O)Nc2ccc(F)cc2F)c(N(C)C)n1. The summed E-state index contributed by atoms with van der Waals surface area (Å²) >= 11 is 0. The number of ether oxygens (including phenoxy) is 1. The number of halogens is 2. The molecule has 9 heteroatoms. The van der Waals surface area contributed by atoms with Gasteiger partial charge in [-0.2, -0.15) is 4.98 Å². The van der Waals surface area contributed by atoms with E-state index >= 15 is 0 Å². The van der Waals surface area contributed by atoms with Crippen molar-refractivity contribution in [3.63, 3.8) is 0 Å². The maximum Gasteiger partial charge on any atom is 0.323 e. The zero-order valence-electron chi connectivity index (χ0n) is 12.7. The van der Waals surface area contributed by atoms with Crippen molar-refractivity contribution in [1.29, 1.82) is 0 Å². The fourth-order valence-corrected chi connectivity index (χ4v) is 1.75. The second-order valence-corrected chi connectivity index (χ2v) is 4.69. The van der Waals surface area contributed by atoms with Crippen molar-refractivity contribution in [2.24, 2.45) is 0 Å². The molecule has 2 amide bonds. The van der Waals surface area contributed by atoms with Crippen LogP contribution in [0.25, 0.3) is 0 Å². The van der Waals surface area contributed by atoms with Gasteiger partial charge in [-0.1, -0.05) is 0 Å². The zero-order valence-corrected chi connectivity index (χ0v) is 12.7. The van der Waals surface area contributed by atoms with Crippen LogP contribution in [0.3, 0.4) is 0 Å². The summed E-state index contributed by atoms with van der Waals surface area (Å²) in [6.07, 6.45) is 1.36. The van der Waals surface area contributed by atoms with Crippen LogP contribution in [-0.4, -0.2) is 37.2 Å². The number of carbonyl (C=O) groups excluding carboxylic acids is 1. The summed E-state index contributed by atoms with van der Waals surface area (Å²) in [6.45, 7) is 0. The molecule has 1 aromatic carbocycles. The molecule has 0 aliphatic carbocycles. The van der Waals surface area contributed by atoms with Crippen LogP contribution in [0.2, 0.25) is 0 Å². The quantitative estimate of drug-likeness (QED) is 0.903. The van der Waals surface area contributed by atoms with Crippen LogP contribution in [-0.2, 0) is 0 Å². The molecule has 1 aromatic heterocycles. The van der Waals surface area contributed by atoms with Crippen molar-refractivity contribution in [3.05, 3.63) is 36.0 Å². The highest BCUT2D eigenvalue weighted by atomic mass is 19.1. The summed E-state index contributed by atoms with van der Waals surface area (Å²) < 4.78 is 31.3. The number of carbonyl (C=O) groups is 1. The Hall–Kier alpha value is -2.97. The third-order valence-corrected chi connectivity index (χ3v) is 2.78. The third kappa shape index (κ3) is 4.02. The Labute approximate surface area is 131 Å². The van der Waals surface area contributed by atoms with E-state index in [-0.39, 0.29) is 11.7 Å². The maximum absolute atomic E-state index is 13.5. The van der Waals surface area contributed by atoms with Crippen LogP contribution in [0.4, 0.5) is 30.8 Å². The Morgan fingerprint density at radius 2 is 1.91 bits per heavy atom. The van der Waals surface area contributed by atoms with Gasteiger partial charge in [-0.25, -0.2) is 18.6 Å². The first-order valence-corrected chi connectivity index (χ1v) is 6.52. The molecule has 2 rings (SSSR count). The van der Waals surface area contributed by atoms with Crippen molar-refractivity contribution in [3.8, 4) is 6.01 Å². The van der Waals surface area contributed by atoms with Crippen molar-refractivity contribution < 1.29 is 18.3 Å². The topological polar surface area (TPSA) is 79.4 Å². The molecule has 0 radical (unpaired) electrons. The predicted octanol–water partition coefficient (Wildman–Crippen LogP) is 2.47. The first-order valence-electron chi connectivity index (χ1n) is 6.52. The smallest absolute Gasteiger partial charge is 0.323 e. The van der Waals surface area contributed by atoms with Gasteiger partial charge in [0, 0.05) is 20.2 Å². The van der Waals surface area contributed by atoms with Crippen LogP contribution >= 0.6 is 0 Å². The monoisotopic (exact) mass is 323 g/mol. The molecule has 0 unspecified atom stereocenters. The van der Waals surface area contributed by atoms with Crippen LogP contribution in [0.15, 0.2) is 24.4 Å². The van der Waals surface area contributed by atoms with E-state index in [0.717, 1.165) is 12.1 Å². The lowest BCUT2D eigenvalue weighted by Gasteiger charge is -2.17. The number of nitrogens with zero attached hydrogens (tertiary/aromatic N) is 3. The Bertz CT molecular complexity index is 724. The Kier molecular flexibility index (Phi) is 4.89. The number of aromatic nitrogens is 2. The number of hydrogen-bond acceptors (Lipinski definition) is 5. The number of nitrogens with one attached hydrogen (secondary N) is 2. The Morgan fingerprint density at radius 1 is 1.22 bits per heavy atom. The van der Waals surface area contributed by atoms with Gasteiger partial charge in [0.2, 0.25) is 0 Å². The number of benzene rings is 1. The summed E-state index contributed by atoms with van der Waals surface area (Å²) in [7, 11) is 4.88. The van der Waals surface area contributed by atoms with Gasteiger partial charge in [0.05, 0.1) is 19.0 Å². The lowest BCUT2D eigenvalue weighted by Crippen LogP contribution is -2.23. The molecular formula is C14H15F2N5O2. The first kappa shape index (κ1) is 16.4. The largest absolute Gasteiger partial charge is 0.467 e. The number of amides is 2. The van der Waals surface area contributed by atoms with Gasteiger partial charge in [0.15, 0.2) is 5.82 Å². The lowest BCUT2D eigenvalue weighted by atomic mass is 10.3. The summed E-state index contributed by atoms with van der Waals surface area (Å²) in [4.78, 5) is 21.6. The van der Waals surface area contributed by atoms with Crippen LogP contribution in [0.1, 0.15) is 0 Å². The molecule has 0 saturated heterocycles. The number of rotatable bonds is 4. The fourth-order valence-electron chi connectivity index (χ4n) is 1.75. The Balaban J connectivity index is 2.16. The minimum absolute atomic E-state index is 0.143. The number of urea groups is 1. The second-order valence-electron chi connectivity index (χ2n) is 4.69. The number of anilines is 3. The van der Waals surface area contributed by atoms with Crippen LogP contribution < -0.4 is 20.3 Å². The van der Waals surface area contributed by atoms with Crippen molar-refractivity contribution in [2.75, 3.05) is 36.7 Å². The van der Waals surface area contributed by atoms with E-state index in [9.17, 15) is 13.6 Å². The zero-order chi connectivity index (χ0) is 17.0. The van der Waals surface area contributed by atoms with Gasteiger partial charge < -0.3 is 20.3 Å². The molecule has 7 nitrogen and oxygen atoms in total. The summed E-state index contributed by atoms with van der Waals surface area (Å²) in [5.74, 6) is -1.20. The van der Waals surface area contributed by atoms with E-state index in [4.69, 9.17) is 4.74 Å². The molecule has 2 aromatic rings. The molecule has 1 heterocycles. The van der Waals surface area contributed by atoms with Gasteiger partial charge in [-0.3, -0.25) is 0 Å². The third-order valence-electron chi connectivity index (χ3n) is 2.78. The molecule has 0 aliphatic rings.